The number of halogens is 2. The van der Waals surface area contributed by atoms with Gasteiger partial charge in [-0.05, 0) is 36.8 Å². The van der Waals surface area contributed by atoms with Crippen LogP contribution in [-0.4, -0.2) is 15.9 Å². The molecule has 0 spiro atoms. The summed E-state index contributed by atoms with van der Waals surface area (Å²) in [5.41, 5.74) is 2.61. The molecule has 0 saturated heterocycles. The van der Waals surface area contributed by atoms with Crippen LogP contribution in [0.25, 0.3) is 0 Å². The molecule has 1 heterocycles. The standard InChI is InChI=1S/C18H14Cl2N4O/c1-11-6-7-13(8-15(11)20)23-18-21-9-12(10-22-18)17(25)24-16-5-3-2-4-14(16)19/h2-10H,1H3,(H,24,25)(H,21,22,23). The quantitative estimate of drug-likeness (QED) is 0.669. The van der Waals surface area contributed by atoms with Gasteiger partial charge in [-0.2, -0.15) is 0 Å². The number of para-hydroxylation sites is 1. The number of carbonyl (C=O) groups excluding carboxylic acids is 1. The van der Waals surface area contributed by atoms with Crippen molar-refractivity contribution in [3.8, 4) is 0 Å². The highest BCUT2D eigenvalue weighted by molar-refractivity contribution is 6.34. The van der Waals surface area contributed by atoms with Crippen LogP contribution >= 0.6 is 23.2 Å². The molecule has 3 rings (SSSR count). The molecule has 0 radical (unpaired) electrons. The van der Waals surface area contributed by atoms with Crippen LogP contribution in [0.4, 0.5) is 17.3 Å². The second-order valence-corrected chi connectivity index (χ2v) is 6.13. The predicted octanol–water partition coefficient (Wildman–Crippen LogP) is 5.09. The molecule has 0 bridgehead atoms. The Morgan fingerprint density at radius 3 is 2.40 bits per heavy atom. The first-order valence-electron chi connectivity index (χ1n) is 7.44. The highest BCUT2D eigenvalue weighted by atomic mass is 35.5. The zero-order chi connectivity index (χ0) is 17.8. The van der Waals surface area contributed by atoms with E-state index in [-0.39, 0.29) is 5.91 Å². The maximum absolute atomic E-state index is 12.2. The lowest BCUT2D eigenvalue weighted by Crippen LogP contribution is -2.13. The summed E-state index contributed by atoms with van der Waals surface area (Å²) in [4.78, 5) is 20.5. The molecule has 25 heavy (non-hydrogen) atoms. The number of amides is 1. The van der Waals surface area contributed by atoms with Gasteiger partial charge in [-0.3, -0.25) is 4.79 Å². The molecule has 0 aliphatic heterocycles. The van der Waals surface area contributed by atoms with Gasteiger partial charge in [0.25, 0.3) is 5.91 Å². The van der Waals surface area contributed by atoms with E-state index >= 15 is 0 Å². The van der Waals surface area contributed by atoms with Gasteiger partial charge in [0.2, 0.25) is 5.95 Å². The van der Waals surface area contributed by atoms with Gasteiger partial charge in [0.1, 0.15) is 0 Å². The third kappa shape index (κ3) is 4.26. The molecule has 2 aromatic carbocycles. The fraction of sp³-hybridized carbons (Fsp3) is 0.0556. The maximum atomic E-state index is 12.2. The SMILES string of the molecule is Cc1ccc(Nc2ncc(C(=O)Nc3ccccc3Cl)cn2)cc1Cl. The smallest absolute Gasteiger partial charge is 0.258 e. The Morgan fingerprint density at radius 1 is 1.00 bits per heavy atom. The lowest BCUT2D eigenvalue weighted by molar-refractivity contribution is 0.102. The van der Waals surface area contributed by atoms with Gasteiger partial charge >= 0.3 is 0 Å². The number of carbonyl (C=O) groups is 1. The van der Waals surface area contributed by atoms with Gasteiger partial charge in [0.15, 0.2) is 0 Å². The van der Waals surface area contributed by atoms with Crippen LogP contribution < -0.4 is 10.6 Å². The molecule has 0 atom stereocenters. The van der Waals surface area contributed by atoms with Crippen LogP contribution in [0.1, 0.15) is 15.9 Å². The summed E-state index contributed by atoms with van der Waals surface area (Å²) in [6.45, 7) is 1.93. The van der Waals surface area contributed by atoms with E-state index in [1.807, 2.05) is 19.1 Å². The topological polar surface area (TPSA) is 66.9 Å². The summed E-state index contributed by atoms with van der Waals surface area (Å²) in [5, 5.41) is 6.88. The fourth-order valence-electron chi connectivity index (χ4n) is 2.07. The highest BCUT2D eigenvalue weighted by Gasteiger charge is 2.10. The van der Waals surface area contributed by atoms with Crippen LogP contribution in [0.15, 0.2) is 54.9 Å². The molecule has 3 aromatic rings. The fourth-order valence-corrected chi connectivity index (χ4v) is 2.43. The molecule has 1 amide bonds. The molecule has 5 nitrogen and oxygen atoms in total. The Labute approximate surface area is 155 Å². The van der Waals surface area contributed by atoms with Crippen molar-refractivity contribution in [2.45, 2.75) is 6.92 Å². The number of nitrogens with zero attached hydrogens (tertiary/aromatic N) is 2. The predicted molar refractivity (Wildman–Crippen MR) is 101 cm³/mol. The summed E-state index contributed by atoms with van der Waals surface area (Å²) in [7, 11) is 0. The monoisotopic (exact) mass is 372 g/mol. The van der Waals surface area contributed by atoms with Gasteiger partial charge < -0.3 is 10.6 Å². The third-order valence-electron chi connectivity index (χ3n) is 3.46. The number of aryl methyl sites for hydroxylation is 1. The van der Waals surface area contributed by atoms with E-state index < -0.39 is 0 Å². The number of aromatic nitrogens is 2. The van der Waals surface area contributed by atoms with Crippen molar-refractivity contribution < 1.29 is 4.79 Å². The number of benzene rings is 2. The van der Waals surface area contributed by atoms with E-state index in [9.17, 15) is 4.79 Å². The zero-order valence-corrected chi connectivity index (χ0v) is 14.8. The zero-order valence-electron chi connectivity index (χ0n) is 13.3. The molecule has 126 valence electrons. The Balaban J connectivity index is 1.70. The second kappa shape index (κ2) is 7.51. The van der Waals surface area contributed by atoms with E-state index in [2.05, 4.69) is 20.6 Å². The second-order valence-electron chi connectivity index (χ2n) is 5.32. The lowest BCUT2D eigenvalue weighted by Gasteiger charge is -2.08. The van der Waals surface area contributed by atoms with E-state index in [0.717, 1.165) is 11.3 Å². The maximum Gasteiger partial charge on any atom is 0.258 e. The minimum absolute atomic E-state index is 0.326. The first kappa shape index (κ1) is 17.2. The van der Waals surface area contributed by atoms with Gasteiger partial charge in [0, 0.05) is 23.1 Å². The number of nitrogens with one attached hydrogen (secondary N) is 2. The molecule has 0 aliphatic carbocycles. The molecular formula is C18H14Cl2N4O. The molecule has 0 aliphatic rings. The van der Waals surface area contributed by atoms with Crippen LogP contribution in [0.2, 0.25) is 10.0 Å². The molecule has 1 aromatic heterocycles. The molecular weight excluding hydrogens is 359 g/mol. The molecule has 0 fully saturated rings. The number of rotatable bonds is 4. The summed E-state index contributed by atoms with van der Waals surface area (Å²) < 4.78 is 0. The number of anilines is 3. The minimum Gasteiger partial charge on any atom is -0.324 e. The minimum atomic E-state index is -0.335. The molecule has 0 unspecified atom stereocenters. The molecule has 2 N–H and O–H groups in total. The van der Waals surface area contributed by atoms with Crippen LogP contribution in [0, 0.1) is 6.92 Å². The highest BCUT2D eigenvalue weighted by Crippen LogP contribution is 2.22. The number of hydrogen-bond acceptors (Lipinski definition) is 4. The van der Waals surface area contributed by atoms with E-state index in [1.54, 1.807) is 30.3 Å². The van der Waals surface area contributed by atoms with Gasteiger partial charge in [0.05, 0.1) is 16.3 Å². The van der Waals surface area contributed by atoms with Gasteiger partial charge in [-0.15, -0.1) is 0 Å². The van der Waals surface area contributed by atoms with E-state index in [1.165, 1.54) is 12.4 Å². The Morgan fingerprint density at radius 2 is 1.72 bits per heavy atom. The Hall–Kier alpha value is -2.63. The largest absolute Gasteiger partial charge is 0.324 e. The van der Waals surface area contributed by atoms with Crippen molar-refractivity contribution in [2.75, 3.05) is 10.6 Å². The van der Waals surface area contributed by atoms with Gasteiger partial charge in [-0.1, -0.05) is 41.4 Å². The van der Waals surface area contributed by atoms with E-state index in [4.69, 9.17) is 23.2 Å². The summed E-state index contributed by atoms with van der Waals surface area (Å²) in [5.74, 6) is 0.0345. The van der Waals surface area contributed by atoms with Gasteiger partial charge in [-0.25, -0.2) is 9.97 Å². The van der Waals surface area contributed by atoms with Crippen molar-refractivity contribution in [3.63, 3.8) is 0 Å². The van der Waals surface area contributed by atoms with Crippen molar-refractivity contribution >= 4 is 46.4 Å². The van der Waals surface area contributed by atoms with Crippen molar-refractivity contribution in [3.05, 3.63) is 76.0 Å². The first-order valence-corrected chi connectivity index (χ1v) is 8.19. The van der Waals surface area contributed by atoms with Crippen LogP contribution in [0.5, 0.6) is 0 Å². The first-order chi connectivity index (χ1) is 12.0. The van der Waals surface area contributed by atoms with Crippen molar-refractivity contribution in [1.82, 2.24) is 9.97 Å². The lowest BCUT2D eigenvalue weighted by atomic mass is 10.2. The average molecular weight is 373 g/mol. The van der Waals surface area contributed by atoms with Crippen LogP contribution in [-0.2, 0) is 0 Å². The Kier molecular flexibility index (Phi) is 5.16. The van der Waals surface area contributed by atoms with E-state index in [0.29, 0.717) is 27.2 Å². The number of hydrogen-bond donors (Lipinski definition) is 2. The molecule has 7 heteroatoms. The summed E-state index contributed by atoms with van der Waals surface area (Å²) in [6, 6.07) is 12.6. The van der Waals surface area contributed by atoms with Crippen molar-refractivity contribution in [2.24, 2.45) is 0 Å². The molecule has 0 saturated carbocycles. The Bertz CT molecular complexity index is 913. The van der Waals surface area contributed by atoms with Crippen molar-refractivity contribution in [1.29, 1.82) is 0 Å². The average Bonchev–Trinajstić information content (AvgIpc) is 2.61. The normalized spacial score (nSPS) is 10.4. The summed E-state index contributed by atoms with van der Waals surface area (Å²) >= 11 is 12.1. The third-order valence-corrected chi connectivity index (χ3v) is 4.20. The van der Waals surface area contributed by atoms with Crippen LogP contribution in [0.3, 0.4) is 0 Å². The summed E-state index contributed by atoms with van der Waals surface area (Å²) in [6.07, 6.45) is 2.88.